The lowest BCUT2D eigenvalue weighted by Crippen LogP contribution is -2.23. The standard InChI is InChI=1S/C24H23ClN4O3/c1-29(2)22-10-9-16(24(27-22)31-3)17-11-18-19(13-26-21(18)12-20(17)25)23(30)28-32-14-15-7-5-4-6-8-15/h4-13,26H,14H2,1-3H3,(H,28,30). The Kier molecular flexibility index (Phi) is 6.30. The molecule has 7 nitrogen and oxygen atoms in total. The molecule has 0 aliphatic heterocycles. The molecule has 0 saturated carbocycles. The molecule has 0 fully saturated rings. The van der Waals surface area contributed by atoms with Crippen LogP contribution in [0.1, 0.15) is 15.9 Å². The molecule has 2 aromatic carbocycles. The van der Waals surface area contributed by atoms with Crippen LogP contribution in [0.3, 0.4) is 0 Å². The summed E-state index contributed by atoms with van der Waals surface area (Å²) in [6.07, 6.45) is 1.64. The number of rotatable bonds is 7. The van der Waals surface area contributed by atoms with Gasteiger partial charge in [0.05, 0.1) is 24.3 Å². The lowest BCUT2D eigenvalue weighted by atomic mass is 10.0. The number of aromatic nitrogens is 2. The Balaban J connectivity index is 1.63. The van der Waals surface area contributed by atoms with Crippen LogP contribution in [0, 0.1) is 0 Å². The van der Waals surface area contributed by atoms with E-state index in [2.05, 4.69) is 15.4 Å². The summed E-state index contributed by atoms with van der Waals surface area (Å²) in [7, 11) is 5.38. The first-order chi connectivity index (χ1) is 15.5. The highest BCUT2D eigenvalue weighted by Crippen LogP contribution is 2.38. The third kappa shape index (κ3) is 4.39. The van der Waals surface area contributed by atoms with Crippen molar-refractivity contribution in [2.24, 2.45) is 0 Å². The van der Waals surface area contributed by atoms with Gasteiger partial charge in [0.2, 0.25) is 5.88 Å². The van der Waals surface area contributed by atoms with Crippen molar-refractivity contribution >= 4 is 34.2 Å². The summed E-state index contributed by atoms with van der Waals surface area (Å²) < 4.78 is 5.51. The molecular formula is C24H23ClN4O3. The fraction of sp³-hybridized carbons (Fsp3) is 0.167. The number of carbonyl (C=O) groups excluding carboxylic acids is 1. The second-order valence-electron chi connectivity index (χ2n) is 7.41. The largest absolute Gasteiger partial charge is 0.480 e. The number of ether oxygens (including phenoxy) is 1. The average molecular weight is 451 g/mol. The summed E-state index contributed by atoms with van der Waals surface area (Å²) in [6.45, 7) is 0.271. The van der Waals surface area contributed by atoms with Gasteiger partial charge in [-0.25, -0.2) is 5.48 Å². The second kappa shape index (κ2) is 9.30. The number of pyridine rings is 1. The van der Waals surface area contributed by atoms with Gasteiger partial charge in [-0.15, -0.1) is 0 Å². The Hall–Kier alpha value is -3.55. The van der Waals surface area contributed by atoms with Gasteiger partial charge in [-0.1, -0.05) is 41.9 Å². The zero-order valence-corrected chi connectivity index (χ0v) is 18.7. The number of nitrogens with one attached hydrogen (secondary N) is 2. The van der Waals surface area contributed by atoms with E-state index in [9.17, 15) is 4.79 Å². The van der Waals surface area contributed by atoms with Crippen molar-refractivity contribution in [1.29, 1.82) is 0 Å². The van der Waals surface area contributed by atoms with E-state index in [1.165, 1.54) is 0 Å². The Morgan fingerprint density at radius 2 is 1.91 bits per heavy atom. The molecule has 0 radical (unpaired) electrons. The van der Waals surface area contributed by atoms with Gasteiger partial charge in [0.1, 0.15) is 5.82 Å². The number of aromatic amines is 1. The number of hydrogen-bond donors (Lipinski definition) is 2. The molecule has 0 bridgehead atoms. The first-order valence-electron chi connectivity index (χ1n) is 9.97. The van der Waals surface area contributed by atoms with Gasteiger partial charge < -0.3 is 14.6 Å². The summed E-state index contributed by atoms with van der Waals surface area (Å²) in [4.78, 5) is 27.7. The van der Waals surface area contributed by atoms with E-state index < -0.39 is 0 Å². The number of amides is 1. The van der Waals surface area contributed by atoms with E-state index >= 15 is 0 Å². The monoisotopic (exact) mass is 450 g/mol. The van der Waals surface area contributed by atoms with Crippen LogP contribution < -0.4 is 15.1 Å². The number of carbonyl (C=O) groups is 1. The van der Waals surface area contributed by atoms with Crippen molar-refractivity contribution in [3.05, 3.63) is 76.9 Å². The molecule has 8 heteroatoms. The molecule has 0 spiro atoms. The van der Waals surface area contributed by atoms with Crippen molar-refractivity contribution in [3.63, 3.8) is 0 Å². The van der Waals surface area contributed by atoms with E-state index in [4.69, 9.17) is 21.2 Å². The Bertz CT molecular complexity index is 1260. The van der Waals surface area contributed by atoms with Gasteiger partial charge in [-0.2, -0.15) is 4.98 Å². The minimum Gasteiger partial charge on any atom is -0.480 e. The average Bonchev–Trinajstić information content (AvgIpc) is 3.21. The van der Waals surface area contributed by atoms with Crippen LogP contribution in [0.5, 0.6) is 5.88 Å². The maximum Gasteiger partial charge on any atom is 0.277 e. The molecule has 0 unspecified atom stereocenters. The molecule has 164 valence electrons. The Labute approximate surface area is 190 Å². The van der Waals surface area contributed by atoms with Gasteiger partial charge in [0, 0.05) is 42.3 Å². The fourth-order valence-electron chi connectivity index (χ4n) is 3.39. The molecule has 0 aliphatic carbocycles. The summed E-state index contributed by atoms with van der Waals surface area (Å²) in [5.74, 6) is 0.860. The number of methoxy groups -OCH3 is 1. The van der Waals surface area contributed by atoms with Crippen molar-refractivity contribution in [2.45, 2.75) is 6.61 Å². The normalized spacial score (nSPS) is 10.9. The SMILES string of the molecule is COc1nc(N(C)C)ccc1-c1cc2c(C(=O)NOCc3ccccc3)c[nH]c2cc1Cl. The van der Waals surface area contributed by atoms with Crippen molar-refractivity contribution in [2.75, 3.05) is 26.1 Å². The number of benzene rings is 2. The fourth-order valence-corrected chi connectivity index (χ4v) is 3.66. The summed E-state index contributed by atoms with van der Waals surface area (Å²) in [5.41, 5.74) is 6.10. The quantitative estimate of drug-likeness (QED) is 0.395. The lowest BCUT2D eigenvalue weighted by Gasteiger charge is -2.15. The van der Waals surface area contributed by atoms with Gasteiger partial charge >= 0.3 is 0 Å². The van der Waals surface area contributed by atoms with Crippen LogP contribution >= 0.6 is 11.6 Å². The van der Waals surface area contributed by atoms with Crippen LogP contribution in [0.2, 0.25) is 5.02 Å². The highest BCUT2D eigenvalue weighted by molar-refractivity contribution is 6.34. The number of anilines is 1. The van der Waals surface area contributed by atoms with Crippen molar-refractivity contribution in [1.82, 2.24) is 15.4 Å². The molecule has 2 N–H and O–H groups in total. The van der Waals surface area contributed by atoms with Crippen LogP contribution in [0.4, 0.5) is 5.82 Å². The minimum atomic E-state index is -0.353. The number of H-pyrrole nitrogens is 1. The summed E-state index contributed by atoms with van der Waals surface area (Å²) in [5, 5.41) is 1.23. The molecule has 1 amide bonds. The van der Waals surface area contributed by atoms with Crippen LogP contribution in [-0.2, 0) is 11.4 Å². The third-order valence-electron chi connectivity index (χ3n) is 5.05. The highest BCUT2D eigenvalue weighted by Gasteiger charge is 2.18. The Morgan fingerprint density at radius 1 is 1.12 bits per heavy atom. The van der Waals surface area contributed by atoms with E-state index in [1.54, 1.807) is 19.4 Å². The Morgan fingerprint density at radius 3 is 2.62 bits per heavy atom. The number of fused-ring (bicyclic) bond motifs is 1. The predicted molar refractivity (Wildman–Crippen MR) is 126 cm³/mol. The molecule has 0 atom stereocenters. The smallest absolute Gasteiger partial charge is 0.277 e. The number of hydroxylamine groups is 1. The molecule has 32 heavy (non-hydrogen) atoms. The van der Waals surface area contributed by atoms with Gasteiger partial charge in [0.15, 0.2) is 0 Å². The molecule has 2 aromatic heterocycles. The van der Waals surface area contributed by atoms with E-state index in [-0.39, 0.29) is 12.5 Å². The summed E-state index contributed by atoms with van der Waals surface area (Å²) in [6, 6.07) is 17.0. The topological polar surface area (TPSA) is 79.5 Å². The van der Waals surface area contributed by atoms with Crippen LogP contribution in [0.25, 0.3) is 22.0 Å². The summed E-state index contributed by atoms with van der Waals surface area (Å²) >= 11 is 6.57. The molecule has 0 saturated heterocycles. The number of halogens is 1. The van der Waals surface area contributed by atoms with E-state index in [0.717, 1.165) is 22.5 Å². The zero-order valence-electron chi connectivity index (χ0n) is 18.0. The number of nitrogens with zero attached hydrogens (tertiary/aromatic N) is 2. The van der Waals surface area contributed by atoms with Crippen molar-refractivity contribution in [3.8, 4) is 17.0 Å². The first-order valence-corrected chi connectivity index (χ1v) is 10.3. The van der Waals surface area contributed by atoms with Gasteiger partial charge in [-0.3, -0.25) is 9.63 Å². The van der Waals surface area contributed by atoms with Crippen LogP contribution in [-0.4, -0.2) is 37.1 Å². The minimum absolute atomic E-state index is 0.271. The maximum atomic E-state index is 12.8. The van der Waals surface area contributed by atoms with E-state index in [0.29, 0.717) is 27.4 Å². The molecule has 2 heterocycles. The highest BCUT2D eigenvalue weighted by atomic mass is 35.5. The first kappa shape index (κ1) is 21.7. The maximum absolute atomic E-state index is 12.8. The lowest BCUT2D eigenvalue weighted by molar-refractivity contribution is 0.0235. The molecule has 4 rings (SSSR count). The van der Waals surface area contributed by atoms with Crippen molar-refractivity contribution < 1.29 is 14.4 Å². The predicted octanol–water partition coefficient (Wildman–Crippen LogP) is 4.82. The number of hydrogen-bond acceptors (Lipinski definition) is 5. The molecule has 4 aromatic rings. The second-order valence-corrected chi connectivity index (χ2v) is 7.81. The zero-order chi connectivity index (χ0) is 22.7. The molecule has 0 aliphatic rings. The third-order valence-corrected chi connectivity index (χ3v) is 5.36. The van der Waals surface area contributed by atoms with Crippen LogP contribution in [0.15, 0.2) is 60.8 Å². The van der Waals surface area contributed by atoms with Gasteiger partial charge in [0.25, 0.3) is 5.91 Å². The van der Waals surface area contributed by atoms with Gasteiger partial charge in [-0.05, 0) is 29.8 Å². The van der Waals surface area contributed by atoms with E-state index in [1.807, 2.05) is 67.5 Å². The molecular weight excluding hydrogens is 428 g/mol.